The summed E-state index contributed by atoms with van der Waals surface area (Å²) in [5.74, 6) is 0.231. The maximum atomic E-state index is 12.6. The third-order valence-corrected chi connectivity index (χ3v) is 3.88. The van der Waals surface area contributed by atoms with Crippen molar-refractivity contribution < 1.29 is 9.59 Å². The number of aromatic nitrogens is 2. The molecule has 2 aromatic rings. The van der Waals surface area contributed by atoms with E-state index in [-0.39, 0.29) is 11.8 Å². The van der Waals surface area contributed by atoms with Gasteiger partial charge in [0.15, 0.2) is 5.69 Å². The smallest absolute Gasteiger partial charge is 0.274 e. The summed E-state index contributed by atoms with van der Waals surface area (Å²) in [4.78, 5) is 25.9. The van der Waals surface area contributed by atoms with E-state index in [0.717, 1.165) is 31.6 Å². The summed E-state index contributed by atoms with van der Waals surface area (Å²) in [6.07, 6.45) is 3.23. The van der Waals surface area contributed by atoms with Gasteiger partial charge in [0.25, 0.3) is 5.91 Å². The first-order valence-corrected chi connectivity index (χ1v) is 7.87. The average molecular weight is 312 g/mol. The molecular weight excluding hydrogens is 292 g/mol. The molecule has 3 rings (SSSR count). The Hall–Kier alpha value is -2.63. The minimum atomic E-state index is -0.195. The first kappa shape index (κ1) is 15.3. The number of nitrogens with one attached hydrogen (secondary N) is 1. The maximum absolute atomic E-state index is 12.6. The molecule has 1 aromatic carbocycles. The van der Waals surface area contributed by atoms with Crippen LogP contribution < -0.4 is 5.32 Å². The Morgan fingerprint density at radius 3 is 2.43 bits per heavy atom. The van der Waals surface area contributed by atoms with Crippen molar-refractivity contribution in [2.24, 2.45) is 0 Å². The number of likely N-dealkylation sites (tertiary alicyclic amines) is 1. The second kappa shape index (κ2) is 6.64. The number of hydrogen-bond donors (Lipinski definition) is 1. The van der Waals surface area contributed by atoms with Crippen LogP contribution >= 0.6 is 0 Å². The Kier molecular flexibility index (Phi) is 4.41. The van der Waals surface area contributed by atoms with Crippen LogP contribution in [0.5, 0.6) is 0 Å². The largest absolute Gasteiger partial charge is 0.337 e. The molecular formula is C17H20N4O2. The number of anilines is 1. The molecule has 0 unspecified atom stereocenters. The van der Waals surface area contributed by atoms with Crippen molar-refractivity contribution in [1.82, 2.24) is 14.7 Å². The van der Waals surface area contributed by atoms with Crippen LogP contribution in [0.1, 0.15) is 36.7 Å². The van der Waals surface area contributed by atoms with Gasteiger partial charge < -0.3 is 10.2 Å². The molecule has 1 saturated heterocycles. The van der Waals surface area contributed by atoms with Gasteiger partial charge in [-0.1, -0.05) is 18.2 Å². The van der Waals surface area contributed by atoms with Gasteiger partial charge in [-0.25, -0.2) is 4.68 Å². The van der Waals surface area contributed by atoms with E-state index >= 15 is 0 Å². The predicted octanol–water partition coefficient (Wildman–Crippen LogP) is 2.46. The van der Waals surface area contributed by atoms with Crippen molar-refractivity contribution in [3.8, 4) is 5.69 Å². The lowest BCUT2D eigenvalue weighted by atomic mass is 10.1. The molecule has 0 spiro atoms. The predicted molar refractivity (Wildman–Crippen MR) is 87.6 cm³/mol. The topological polar surface area (TPSA) is 67.2 Å². The van der Waals surface area contributed by atoms with Gasteiger partial charge in [-0.15, -0.1) is 0 Å². The fourth-order valence-electron chi connectivity index (χ4n) is 2.78. The molecule has 1 aliphatic heterocycles. The number of nitrogens with zero attached hydrogens (tertiary/aromatic N) is 3. The molecule has 0 aliphatic carbocycles. The van der Waals surface area contributed by atoms with E-state index in [9.17, 15) is 9.59 Å². The lowest BCUT2D eigenvalue weighted by Crippen LogP contribution is -2.35. The van der Waals surface area contributed by atoms with Crippen LogP contribution in [0.4, 0.5) is 5.82 Å². The molecule has 6 heteroatoms. The third kappa shape index (κ3) is 3.41. The summed E-state index contributed by atoms with van der Waals surface area (Å²) in [6, 6.07) is 11.1. The van der Waals surface area contributed by atoms with Gasteiger partial charge in [0.1, 0.15) is 5.82 Å². The molecule has 2 amide bonds. The molecule has 1 aromatic heterocycles. The number of hydrogen-bond acceptors (Lipinski definition) is 3. The first-order chi connectivity index (χ1) is 11.1. The quantitative estimate of drug-likeness (QED) is 0.946. The Morgan fingerprint density at radius 1 is 1.09 bits per heavy atom. The van der Waals surface area contributed by atoms with Gasteiger partial charge in [-0.3, -0.25) is 9.59 Å². The van der Waals surface area contributed by atoms with Crippen LogP contribution in [0.2, 0.25) is 0 Å². The van der Waals surface area contributed by atoms with Crippen LogP contribution in [-0.4, -0.2) is 39.6 Å². The number of amides is 2. The highest BCUT2D eigenvalue weighted by Crippen LogP contribution is 2.20. The number of carbonyl (C=O) groups is 2. The summed E-state index contributed by atoms with van der Waals surface area (Å²) < 4.78 is 1.60. The van der Waals surface area contributed by atoms with Gasteiger partial charge in [-0.05, 0) is 31.4 Å². The fourth-order valence-corrected chi connectivity index (χ4v) is 2.78. The van der Waals surface area contributed by atoms with Crippen LogP contribution in [0.3, 0.4) is 0 Å². The second-order valence-electron chi connectivity index (χ2n) is 5.70. The molecule has 1 aliphatic rings. The van der Waals surface area contributed by atoms with Crippen molar-refractivity contribution in [2.75, 3.05) is 18.4 Å². The SMILES string of the molecule is CC(=O)Nc1cc(C(=O)N2CCCCC2)nn1-c1ccccc1. The molecule has 6 nitrogen and oxygen atoms in total. The Bertz CT molecular complexity index is 703. The lowest BCUT2D eigenvalue weighted by Gasteiger charge is -2.25. The molecule has 0 saturated carbocycles. The molecule has 0 atom stereocenters. The zero-order valence-corrected chi connectivity index (χ0v) is 13.2. The van der Waals surface area contributed by atoms with Crippen LogP contribution in [0.25, 0.3) is 5.69 Å². The van der Waals surface area contributed by atoms with Crippen LogP contribution in [-0.2, 0) is 4.79 Å². The average Bonchev–Trinajstić information content (AvgIpc) is 2.99. The summed E-state index contributed by atoms with van der Waals surface area (Å²) in [6.45, 7) is 2.98. The zero-order chi connectivity index (χ0) is 16.2. The molecule has 1 fully saturated rings. The number of carbonyl (C=O) groups excluding carboxylic acids is 2. The summed E-state index contributed by atoms with van der Waals surface area (Å²) in [5, 5.41) is 7.16. The van der Waals surface area contributed by atoms with E-state index in [0.29, 0.717) is 11.5 Å². The molecule has 0 radical (unpaired) electrons. The van der Waals surface area contributed by atoms with Gasteiger partial charge in [0.05, 0.1) is 5.69 Å². The Morgan fingerprint density at radius 2 is 1.78 bits per heavy atom. The van der Waals surface area contributed by atoms with E-state index in [2.05, 4.69) is 10.4 Å². The van der Waals surface area contributed by atoms with Crippen molar-refractivity contribution in [2.45, 2.75) is 26.2 Å². The monoisotopic (exact) mass is 312 g/mol. The first-order valence-electron chi connectivity index (χ1n) is 7.87. The molecule has 2 heterocycles. The van der Waals surface area contributed by atoms with Crippen molar-refractivity contribution in [1.29, 1.82) is 0 Å². The van der Waals surface area contributed by atoms with Crippen molar-refractivity contribution >= 4 is 17.6 Å². The number of para-hydroxylation sites is 1. The van der Waals surface area contributed by atoms with Crippen molar-refractivity contribution in [3.05, 3.63) is 42.1 Å². The minimum absolute atomic E-state index is 0.0778. The minimum Gasteiger partial charge on any atom is -0.337 e. The molecule has 1 N–H and O–H groups in total. The Labute approximate surface area is 135 Å². The number of benzene rings is 1. The highest BCUT2D eigenvalue weighted by molar-refractivity contribution is 5.95. The highest BCUT2D eigenvalue weighted by atomic mass is 16.2. The molecule has 120 valence electrons. The zero-order valence-electron chi connectivity index (χ0n) is 13.2. The lowest BCUT2D eigenvalue weighted by molar-refractivity contribution is -0.114. The van der Waals surface area contributed by atoms with Gasteiger partial charge >= 0.3 is 0 Å². The van der Waals surface area contributed by atoms with Crippen LogP contribution in [0, 0.1) is 0 Å². The molecule has 23 heavy (non-hydrogen) atoms. The number of piperidine rings is 1. The fraction of sp³-hybridized carbons (Fsp3) is 0.353. The van der Waals surface area contributed by atoms with E-state index in [1.165, 1.54) is 13.3 Å². The van der Waals surface area contributed by atoms with Gasteiger partial charge in [-0.2, -0.15) is 5.10 Å². The summed E-state index contributed by atoms with van der Waals surface area (Å²) >= 11 is 0. The van der Waals surface area contributed by atoms with E-state index in [1.54, 1.807) is 10.7 Å². The third-order valence-electron chi connectivity index (χ3n) is 3.88. The van der Waals surface area contributed by atoms with Crippen molar-refractivity contribution in [3.63, 3.8) is 0 Å². The van der Waals surface area contributed by atoms with E-state index < -0.39 is 0 Å². The maximum Gasteiger partial charge on any atom is 0.274 e. The summed E-state index contributed by atoms with van der Waals surface area (Å²) in [5.41, 5.74) is 1.16. The normalized spacial score (nSPS) is 14.6. The molecule has 0 bridgehead atoms. The highest BCUT2D eigenvalue weighted by Gasteiger charge is 2.22. The number of rotatable bonds is 3. The van der Waals surface area contributed by atoms with E-state index in [4.69, 9.17) is 0 Å². The van der Waals surface area contributed by atoms with Gasteiger partial charge in [0, 0.05) is 26.1 Å². The second-order valence-corrected chi connectivity index (χ2v) is 5.70. The van der Waals surface area contributed by atoms with E-state index in [1.807, 2.05) is 35.2 Å². The van der Waals surface area contributed by atoms with Gasteiger partial charge in [0.2, 0.25) is 5.91 Å². The summed E-state index contributed by atoms with van der Waals surface area (Å²) in [7, 11) is 0. The standard InChI is InChI=1S/C17H20N4O2/c1-13(22)18-16-12-15(17(23)20-10-6-3-7-11-20)19-21(16)14-8-4-2-5-9-14/h2,4-5,8-9,12H,3,6-7,10-11H2,1H3,(H,18,22). The van der Waals surface area contributed by atoms with Crippen LogP contribution in [0.15, 0.2) is 36.4 Å². The Balaban J connectivity index is 1.94.